The molecule has 0 spiro atoms. The van der Waals surface area contributed by atoms with Crippen molar-refractivity contribution in [2.45, 2.75) is 32.9 Å². The minimum Gasteiger partial charge on any atom is -0.497 e. The Kier molecular flexibility index (Phi) is 5.23. The summed E-state index contributed by atoms with van der Waals surface area (Å²) in [5.41, 5.74) is 9.20. The van der Waals surface area contributed by atoms with Gasteiger partial charge in [0.15, 0.2) is 0 Å². The van der Waals surface area contributed by atoms with Crippen molar-refractivity contribution < 1.29 is 9.47 Å². The summed E-state index contributed by atoms with van der Waals surface area (Å²) in [6.07, 6.45) is 0. The number of ether oxygens (including phenoxy) is 2. The molecule has 0 atom stereocenters. The second-order valence-corrected chi connectivity index (χ2v) is 5.36. The van der Waals surface area contributed by atoms with Crippen LogP contribution in [0.25, 0.3) is 0 Å². The third-order valence-corrected chi connectivity index (χ3v) is 3.53. The van der Waals surface area contributed by atoms with Gasteiger partial charge in [-0.25, -0.2) is 0 Å². The van der Waals surface area contributed by atoms with Crippen molar-refractivity contribution in [1.29, 1.82) is 0 Å². The molecule has 3 nitrogen and oxygen atoms in total. The average molecular weight is 285 g/mol. The molecule has 0 bridgehead atoms. The van der Waals surface area contributed by atoms with Gasteiger partial charge in [-0.15, -0.1) is 0 Å². The molecule has 2 aromatic rings. The fraction of sp³-hybridized carbons (Fsp3) is 0.333. The van der Waals surface area contributed by atoms with Crippen LogP contribution < -0.4 is 15.2 Å². The molecule has 0 aromatic heterocycles. The summed E-state index contributed by atoms with van der Waals surface area (Å²) in [5, 5.41) is 0. The van der Waals surface area contributed by atoms with E-state index in [9.17, 15) is 0 Å². The standard InChI is InChI=1S/C18H23NO2/c1-13(2)15-6-4-14(5-7-15)12-21-18-9-8-17(20-3)10-16(18)11-19/h4-10,13H,11-12,19H2,1-3H3. The SMILES string of the molecule is COc1ccc(OCc2ccc(C(C)C)cc2)c(CN)c1. The second kappa shape index (κ2) is 7.14. The van der Waals surface area contributed by atoms with E-state index in [4.69, 9.17) is 15.2 Å². The van der Waals surface area contributed by atoms with E-state index in [1.165, 1.54) is 5.56 Å². The molecule has 2 N–H and O–H groups in total. The maximum Gasteiger partial charge on any atom is 0.124 e. The van der Waals surface area contributed by atoms with Gasteiger partial charge < -0.3 is 15.2 Å². The molecular formula is C18H23NO2. The quantitative estimate of drug-likeness (QED) is 0.876. The highest BCUT2D eigenvalue weighted by atomic mass is 16.5. The Balaban J connectivity index is 2.05. The Hall–Kier alpha value is -2.00. The van der Waals surface area contributed by atoms with Crippen molar-refractivity contribution in [3.05, 3.63) is 59.2 Å². The van der Waals surface area contributed by atoms with Crippen LogP contribution in [0.4, 0.5) is 0 Å². The van der Waals surface area contributed by atoms with Gasteiger partial charge in [0, 0.05) is 12.1 Å². The molecule has 0 heterocycles. The first-order valence-corrected chi connectivity index (χ1v) is 7.22. The third-order valence-electron chi connectivity index (χ3n) is 3.53. The Bertz CT molecular complexity index is 576. The lowest BCUT2D eigenvalue weighted by Crippen LogP contribution is -2.03. The lowest BCUT2D eigenvalue weighted by molar-refractivity contribution is 0.302. The zero-order chi connectivity index (χ0) is 15.2. The van der Waals surface area contributed by atoms with E-state index in [1.54, 1.807) is 7.11 Å². The zero-order valence-corrected chi connectivity index (χ0v) is 12.9. The maximum absolute atomic E-state index is 5.88. The second-order valence-electron chi connectivity index (χ2n) is 5.36. The highest BCUT2D eigenvalue weighted by Crippen LogP contribution is 2.25. The van der Waals surface area contributed by atoms with Crippen molar-refractivity contribution in [2.75, 3.05) is 7.11 Å². The van der Waals surface area contributed by atoms with Gasteiger partial charge in [-0.05, 0) is 35.2 Å². The molecule has 21 heavy (non-hydrogen) atoms. The minimum atomic E-state index is 0.429. The monoisotopic (exact) mass is 285 g/mol. The van der Waals surface area contributed by atoms with Crippen molar-refractivity contribution in [3.63, 3.8) is 0 Å². The first kappa shape index (κ1) is 15.4. The summed E-state index contributed by atoms with van der Waals surface area (Å²) in [5.74, 6) is 2.15. The molecule has 0 aliphatic rings. The van der Waals surface area contributed by atoms with Gasteiger partial charge in [-0.3, -0.25) is 0 Å². The van der Waals surface area contributed by atoms with Crippen molar-refractivity contribution in [2.24, 2.45) is 5.73 Å². The molecule has 0 unspecified atom stereocenters. The third kappa shape index (κ3) is 3.99. The van der Waals surface area contributed by atoms with Gasteiger partial charge in [0.25, 0.3) is 0 Å². The lowest BCUT2D eigenvalue weighted by Gasteiger charge is -2.12. The van der Waals surface area contributed by atoms with Gasteiger partial charge >= 0.3 is 0 Å². The molecule has 0 saturated heterocycles. The molecule has 0 radical (unpaired) electrons. The van der Waals surface area contributed by atoms with Crippen LogP contribution in [0.1, 0.15) is 36.5 Å². The van der Waals surface area contributed by atoms with E-state index < -0.39 is 0 Å². The van der Waals surface area contributed by atoms with Crippen LogP contribution in [0.5, 0.6) is 11.5 Å². The average Bonchev–Trinajstić information content (AvgIpc) is 2.53. The number of hydrogen-bond donors (Lipinski definition) is 1. The maximum atomic E-state index is 5.88. The van der Waals surface area contributed by atoms with Gasteiger partial charge in [0.2, 0.25) is 0 Å². The summed E-state index contributed by atoms with van der Waals surface area (Å²) < 4.78 is 11.1. The predicted octanol–water partition coefficient (Wildman–Crippen LogP) is 3.86. The smallest absolute Gasteiger partial charge is 0.124 e. The van der Waals surface area contributed by atoms with Crippen LogP contribution >= 0.6 is 0 Å². The Labute approximate surface area is 126 Å². The number of hydrogen-bond acceptors (Lipinski definition) is 3. The van der Waals surface area contributed by atoms with Gasteiger partial charge in [0.05, 0.1) is 7.11 Å². The van der Waals surface area contributed by atoms with Crippen LogP contribution in [0.15, 0.2) is 42.5 Å². The zero-order valence-electron chi connectivity index (χ0n) is 12.9. The minimum absolute atomic E-state index is 0.429. The molecule has 2 rings (SSSR count). The fourth-order valence-corrected chi connectivity index (χ4v) is 2.14. The Morgan fingerprint density at radius 3 is 2.33 bits per heavy atom. The van der Waals surface area contributed by atoms with E-state index in [1.807, 2.05) is 18.2 Å². The van der Waals surface area contributed by atoms with E-state index in [-0.39, 0.29) is 0 Å². The van der Waals surface area contributed by atoms with Crippen molar-refractivity contribution in [3.8, 4) is 11.5 Å². The summed E-state index contributed by atoms with van der Waals surface area (Å²) in [6.45, 7) is 5.35. The highest BCUT2D eigenvalue weighted by molar-refractivity contribution is 5.40. The Morgan fingerprint density at radius 1 is 1.05 bits per heavy atom. The summed E-state index contributed by atoms with van der Waals surface area (Å²) in [6, 6.07) is 14.2. The summed E-state index contributed by atoms with van der Waals surface area (Å²) in [7, 11) is 1.65. The normalized spacial score (nSPS) is 10.7. The van der Waals surface area contributed by atoms with Crippen LogP contribution in [0.2, 0.25) is 0 Å². The highest BCUT2D eigenvalue weighted by Gasteiger charge is 2.05. The first-order valence-electron chi connectivity index (χ1n) is 7.22. The first-order chi connectivity index (χ1) is 10.1. The molecule has 0 amide bonds. The predicted molar refractivity (Wildman–Crippen MR) is 85.7 cm³/mol. The number of nitrogens with two attached hydrogens (primary N) is 1. The van der Waals surface area contributed by atoms with E-state index in [2.05, 4.69) is 38.1 Å². The van der Waals surface area contributed by atoms with E-state index in [0.717, 1.165) is 22.6 Å². The van der Waals surface area contributed by atoms with Crippen molar-refractivity contribution >= 4 is 0 Å². The number of methoxy groups -OCH3 is 1. The topological polar surface area (TPSA) is 44.5 Å². The fourth-order valence-electron chi connectivity index (χ4n) is 2.14. The molecule has 0 fully saturated rings. The molecule has 112 valence electrons. The molecular weight excluding hydrogens is 262 g/mol. The molecule has 2 aromatic carbocycles. The molecule has 0 saturated carbocycles. The Morgan fingerprint density at radius 2 is 1.76 bits per heavy atom. The lowest BCUT2D eigenvalue weighted by atomic mass is 10.0. The van der Waals surface area contributed by atoms with Crippen LogP contribution in [0, 0.1) is 0 Å². The van der Waals surface area contributed by atoms with Crippen molar-refractivity contribution in [1.82, 2.24) is 0 Å². The molecule has 3 heteroatoms. The van der Waals surface area contributed by atoms with Gasteiger partial charge in [-0.2, -0.15) is 0 Å². The molecule has 0 aliphatic carbocycles. The van der Waals surface area contributed by atoms with Gasteiger partial charge in [-0.1, -0.05) is 38.1 Å². The molecule has 0 aliphatic heterocycles. The largest absolute Gasteiger partial charge is 0.497 e. The summed E-state index contributed by atoms with van der Waals surface area (Å²) in [4.78, 5) is 0. The van der Waals surface area contributed by atoms with E-state index in [0.29, 0.717) is 19.1 Å². The van der Waals surface area contributed by atoms with E-state index >= 15 is 0 Å². The van der Waals surface area contributed by atoms with Gasteiger partial charge in [0.1, 0.15) is 18.1 Å². The van der Waals surface area contributed by atoms with Crippen LogP contribution in [-0.2, 0) is 13.2 Å². The summed E-state index contributed by atoms with van der Waals surface area (Å²) >= 11 is 0. The number of rotatable bonds is 6. The van der Waals surface area contributed by atoms with Crippen LogP contribution in [-0.4, -0.2) is 7.11 Å². The van der Waals surface area contributed by atoms with Crippen LogP contribution in [0.3, 0.4) is 0 Å². The number of benzene rings is 2.